The topological polar surface area (TPSA) is 111 Å². The number of ether oxygens (including phenoxy) is 2. The number of halogens is 3. The molecule has 12 heteroatoms. The minimum atomic E-state index is -3.84. The summed E-state index contributed by atoms with van der Waals surface area (Å²) in [4.78, 5) is 12.6. The summed E-state index contributed by atoms with van der Waals surface area (Å²) in [7, 11) is -3.84. The Labute approximate surface area is 184 Å². The van der Waals surface area contributed by atoms with Gasteiger partial charge in [-0.1, -0.05) is 0 Å². The normalized spacial score (nSPS) is 32.5. The lowest BCUT2D eigenvalue weighted by molar-refractivity contribution is -0.286. The van der Waals surface area contributed by atoms with Crippen LogP contribution in [-0.2, 0) is 10.0 Å². The van der Waals surface area contributed by atoms with Crippen LogP contribution in [0.4, 0.5) is 13.2 Å². The van der Waals surface area contributed by atoms with E-state index in [2.05, 4.69) is 14.8 Å². The third-order valence-corrected chi connectivity index (χ3v) is 8.74. The third-order valence-electron chi connectivity index (χ3n) is 6.25. The molecule has 178 valence electrons. The number of rotatable bonds is 4. The zero-order valence-corrected chi connectivity index (χ0v) is 18.3. The number of hydrogen-bond acceptors (Lipinski definition) is 6. The number of benzene rings is 1. The maximum absolute atomic E-state index is 15.0. The van der Waals surface area contributed by atoms with E-state index in [1.165, 1.54) is 12.1 Å². The minimum absolute atomic E-state index is 0.0246. The quantitative estimate of drug-likeness (QED) is 0.645. The van der Waals surface area contributed by atoms with Gasteiger partial charge in [0.15, 0.2) is 17.8 Å². The number of nitrogens with zero attached hydrogens (tertiary/aromatic N) is 1. The van der Waals surface area contributed by atoms with E-state index in [1.807, 2.05) is 0 Å². The lowest BCUT2D eigenvalue weighted by Crippen LogP contribution is -2.56. The van der Waals surface area contributed by atoms with Crippen LogP contribution in [-0.4, -0.2) is 54.6 Å². The van der Waals surface area contributed by atoms with Crippen LogP contribution >= 0.6 is 0 Å². The largest absolute Gasteiger partial charge is 0.586 e. The van der Waals surface area contributed by atoms with Gasteiger partial charge in [0.25, 0.3) is 5.91 Å². The first-order valence-corrected chi connectivity index (χ1v) is 12.1. The molecular weight excluding hydrogens is 451 g/mol. The molecule has 3 atom stereocenters. The average molecular weight is 478 g/mol. The molecular formula is C20H26F3N3O5S. The van der Waals surface area contributed by atoms with Gasteiger partial charge in [0.1, 0.15) is 0 Å². The maximum atomic E-state index is 15.0. The van der Waals surface area contributed by atoms with Gasteiger partial charge in [-0.2, -0.15) is 4.31 Å². The molecule has 4 rings (SSSR count). The number of fused-ring (bicyclic) bond motifs is 1. The van der Waals surface area contributed by atoms with E-state index in [0.29, 0.717) is 25.7 Å². The van der Waals surface area contributed by atoms with Gasteiger partial charge in [0, 0.05) is 30.1 Å². The number of carbonyl (C=O) groups is 1. The zero-order chi connectivity index (χ0) is 23.3. The second-order valence-electron chi connectivity index (χ2n) is 8.67. The monoisotopic (exact) mass is 477 g/mol. The molecule has 1 saturated heterocycles. The molecule has 0 bridgehead atoms. The predicted molar refractivity (Wildman–Crippen MR) is 108 cm³/mol. The fraction of sp³-hybridized carbons (Fsp3) is 0.650. The summed E-state index contributed by atoms with van der Waals surface area (Å²) in [6, 6.07) is 2.31. The Bertz CT molecular complexity index is 973. The van der Waals surface area contributed by atoms with Crippen LogP contribution in [0.2, 0.25) is 0 Å². The Balaban J connectivity index is 1.40. The summed E-state index contributed by atoms with van der Waals surface area (Å²) < 4.78 is 77.1. The van der Waals surface area contributed by atoms with Crippen LogP contribution < -0.4 is 20.5 Å². The first kappa shape index (κ1) is 23.1. The van der Waals surface area contributed by atoms with Crippen LogP contribution in [0, 0.1) is 0 Å². The van der Waals surface area contributed by atoms with E-state index in [0.717, 1.165) is 10.4 Å². The standard InChI is InChI=1S/C20H26F3N3O5S/c1-11-8-14(10-18(21)26(11)32(28,29)15-5-3-13(24)4-6-15)25-19(27)12-2-7-16-17(9-12)31-20(22,23)30-16/h2,7,9,11,13-15,18H,3-6,8,10,24H2,1H3,(H,25,27)/t11-,13-,14+,15-,18-/m0/s1. The number of piperidine rings is 1. The van der Waals surface area contributed by atoms with E-state index < -0.39 is 45.9 Å². The number of hydrogen-bond donors (Lipinski definition) is 2. The molecule has 0 spiro atoms. The van der Waals surface area contributed by atoms with Crippen LogP contribution in [0.25, 0.3) is 0 Å². The van der Waals surface area contributed by atoms with Crippen molar-refractivity contribution in [3.63, 3.8) is 0 Å². The fourth-order valence-electron chi connectivity index (χ4n) is 4.67. The molecule has 1 aromatic carbocycles. The Morgan fingerprint density at radius 3 is 2.47 bits per heavy atom. The van der Waals surface area contributed by atoms with E-state index in [4.69, 9.17) is 5.73 Å². The summed E-state index contributed by atoms with van der Waals surface area (Å²) in [5, 5.41) is 2.01. The van der Waals surface area contributed by atoms with Crippen molar-refractivity contribution in [2.45, 2.75) is 81.4 Å². The molecule has 1 aromatic rings. The van der Waals surface area contributed by atoms with Gasteiger partial charge in [0.2, 0.25) is 10.0 Å². The summed E-state index contributed by atoms with van der Waals surface area (Å²) in [6.07, 6.45) is -3.57. The molecule has 1 saturated carbocycles. The van der Waals surface area contributed by atoms with Crippen molar-refractivity contribution >= 4 is 15.9 Å². The highest BCUT2D eigenvalue weighted by molar-refractivity contribution is 7.89. The van der Waals surface area contributed by atoms with E-state index in [-0.39, 0.29) is 35.9 Å². The number of carbonyl (C=O) groups excluding carboxylic acids is 1. The van der Waals surface area contributed by atoms with E-state index in [9.17, 15) is 22.0 Å². The highest BCUT2D eigenvalue weighted by Gasteiger charge is 2.46. The van der Waals surface area contributed by atoms with Crippen LogP contribution in [0.3, 0.4) is 0 Å². The molecule has 2 aliphatic heterocycles. The molecule has 8 nitrogen and oxygen atoms in total. The highest BCUT2D eigenvalue weighted by Crippen LogP contribution is 2.41. The second kappa shape index (κ2) is 8.38. The van der Waals surface area contributed by atoms with Gasteiger partial charge in [-0.25, -0.2) is 12.8 Å². The van der Waals surface area contributed by atoms with Gasteiger partial charge in [0.05, 0.1) is 5.25 Å². The lowest BCUT2D eigenvalue weighted by atomic mass is 9.96. The SMILES string of the molecule is C[C@H]1C[C@@H](NC(=O)c2ccc3c(c2)OC(F)(F)O3)C[C@@H](F)N1S(=O)(=O)[C@H]1CC[C@H](N)CC1. The molecule has 1 aliphatic carbocycles. The number of nitrogens with one attached hydrogen (secondary N) is 1. The van der Waals surface area contributed by atoms with E-state index >= 15 is 4.39 Å². The fourth-order valence-corrected chi connectivity index (χ4v) is 6.88. The van der Waals surface area contributed by atoms with Gasteiger partial charge in [-0.05, 0) is 57.2 Å². The van der Waals surface area contributed by atoms with Crippen molar-refractivity contribution in [2.24, 2.45) is 5.73 Å². The Kier molecular flexibility index (Phi) is 6.05. The second-order valence-corrected chi connectivity index (χ2v) is 10.8. The molecule has 32 heavy (non-hydrogen) atoms. The molecule has 2 fully saturated rings. The summed E-state index contributed by atoms with van der Waals surface area (Å²) in [5.74, 6) is -1.06. The predicted octanol–water partition coefficient (Wildman–Crippen LogP) is 2.49. The van der Waals surface area contributed by atoms with Crippen LogP contribution in [0.5, 0.6) is 11.5 Å². The Morgan fingerprint density at radius 2 is 1.81 bits per heavy atom. The molecule has 1 amide bonds. The Morgan fingerprint density at radius 1 is 1.16 bits per heavy atom. The van der Waals surface area contributed by atoms with Crippen molar-refractivity contribution in [1.82, 2.24) is 9.62 Å². The minimum Gasteiger partial charge on any atom is -0.395 e. The van der Waals surface area contributed by atoms with Crippen molar-refractivity contribution in [3.05, 3.63) is 23.8 Å². The van der Waals surface area contributed by atoms with Crippen molar-refractivity contribution in [1.29, 1.82) is 0 Å². The molecule has 3 aliphatic rings. The first-order valence-electron chi connectivity index (χ1n) is 10.6. The van der Waals surface area contributed by atoms with Gasteiger partial charge in [-0.15, -0.1) is 8.78 Å². The summed E-state index contributed by atoms with van der Waals surface area (Å²) in [6.45, 7) is 1.61. The number of alkyl halides is 3. The zero-order valence-electron chi connectivity index (χ0n) is 17.5. The molecule has 0 unspecified atom stereocenters. The summed E-state index contributed by atoms with van der Waals surface area (Å²) >= 11 is 0. The van der Waals surface area contributed by atoms with Gasteiger partial charge >= 0.3 is 6.29 Å². The number of amides is 1. The Hall–Kier alpha value is -2.05. The summed E-state index contributed by atoms with van der Waals surface area (Å²) in [5.41, 5.74) is 5.90. The van der Waals surface area contributed by atoms with Gasteiger partial charge in [-0.3, -0.25) is 4.79 Å². The highest BCUT2D eigenvalue weighted by atomic mass is 32.2. The average Bonchev–Trinajstić information content (AvgIpc) is 3.00. The van der Waals surface area contributed by atoms with Gasteiger partial charge < -0.3 is 20.5 Å². The number of nitrogens with two attached hydrogens (primary N) is 1. The smallest absolute Gasteiger partial charge is 0.395 e. The first-order chi connectivity index (χ1) is 15.0. The van der Waals surface area contributed by atoms with Crippen molar-refractivity contribution in [2.75, 3.05) is 0 Å². The third kappa shape index (κ3) is 4.53. The molecule has 3 N–H and O–H groups in total. The van der Waals surface area contributed by atoms with E-state index in [1.54, 1.807) is 6.92 Å². The maximum Gasteiger partial charge on any atom is 0.586 e. The van der Waals surface area contributed by atoms with Crippen molar-refractivity contribution < 1.29 is 35.9 Å². The van der Waals surface area contributed by atoms with Crippen molar-refractivity contribution in [3.8, 4) is 11.5 Å². The lowest BCUT2D eigenvalue weighted by Gasteiger charge is -2.41. The molecule has 0 radical (unpaired) electrons. The van der Waals surface area contributed by atoms with Crippen LogP contribution in [0.1, 0.15) is 55.8 Å². The molecule has 0 aromatic heterocycles. The van der Waals surface area contributed by atoms with Crippen LogP contribution in [0.15, 0.2) is 18.2 Å². The molecule has 2 heterocycles. The number of sulfonamides is 1.